The first-order valence-corrected chi connectivity index (χ1v) is 8.43. The van der Waals surface area contributed by atoms with Gasteiger partial charge in [-0.1, -0.05) is 47.1 Å². The molecule has 1 aliphatic rings. The number of nitrogens with zero attached hydrogens (tertiary/aromatic N) is 2. The summed E-state index contributed by atoms with van der Waals surface area (Å²) in [7, 11) is 3.28. The molecular formula is C19H18ClN3O3. The van der Waals surface area contributed by atoms with Gasteiger partial charge in [0.05, 0.1) is 11.3 Å². The van der Waals surface area contributed by atoms with Gasteiger partial charge in [0.1, 0.15) is 5.71 Å². The van der Waals surface area contributed by atoms with E-state index < -0.39 is 5.91 Å². The number of nitrogens with one attached hydrogen (secondary N) is 1. The predicted molar refractivity (Wildman–Crippen MR) is 100 cm³/mol. The van der Waals surface area contributed by atoms with Gasteiger partial charge in [0.25, 0.3) is 11.8 Å². The molecule has 1 heterocycles. The van der Waals surface area contributed by atoms with Gasteiger partial charge in [0.15, 0.2) is 6.10 Å². The van der Waals surface area contributed by atoms with Crippen molar-refractivity contribution in [1.29, 1.82) is 0 Å². The van der Waals surface area contributed by atoms with Crippen molar-refractivity contribution in [3.05, 3.63) is 64.7 Å². The van der Waals surface area contributed by atoms with Crippen LogP contribution in [-0.2, 0) is 9.63 Å². The largest absolute Gasteiger partial charge is 0.387 e. The maximum Gasteiger partial charge on any atom is 0.273 e. The lowest BCUT2D eigenvalue weighted by atomic mass is 10.0. The van der Waals surface area contributed by atoms with Crippen LogP contribution in [0.1, 0.15) is 28.4 Å². The standard InChI is InChI=1S/C19H18ClN3O3/c1-23(2)19(25)14-9-8-13(20)10-15(14)21-18(24)16-11-17(26-22-16)12-6-4-3-5-7-12/h3-10,17H,11H2,1-2H3,(H,21,24). The average Bonchev–Trinajstić information content (AvgIpc) is 3.12. The molecule has 1 N–H and O–H groups in total. The number of amides is 2. The Morgan fingerprint density at radius 1 is 1.19 bits per heavy atom. The average molecular weight is 372 g/mol. The molecule has 0 aromatic heterocycles. The van der Waals surface area contributed by atoms with Gasteiger partial charge < -0.3 is 15.1 Å². The number of hydrogen-bond donors (Lipinski definition) is 1. The second kappa shape index (κ2) is 7.58. The van der Waals surface area contributed by atoms with Crippen molar-refractivity contribution in [2.24, 2.45) is 5.16 Å². The Labute approximate surface area is 156 Å². The summed E-state index contributed by atoms with van der Waals surface area (Å²) < 4.78 is 0. The monoisotopic (exact) mass is 371 g/mol. The van der Waals surface area contributed by atoms with Crippen molar-refractivity contribution >= 4 is 34.8 Å². The molecule has 0 aliphatic carbocycles. The van der Waals surface area contributed by atoms with E-state index in [4.69, 9.17) is 16.4 Å². The Bertz CT molecular complexity index is 866. The fourth-order valence-corrected chi connectivity index (χ4v) is 2.77. The van der Waals surface area contributed by atoms with Gasteiger partial charge in [-0.3, -0.25) is 9.59 Å². The molecule has 2 amide bonds. The van der Waals surface area contributed by atoms with Gasteiger partial charge in [-0.2, -0.15) is 0 Å². The molecule has 0 saturated heterocycles. The van der Waals surface area contributed by atoms with Crippen LogP contribution in [0.5, 0.6) is 0 Å². The number of hydrogen-bond acceptors (Lipinski definition) is 4. The fourth-order valence-electron chi connectivity index (χ4n) is 2.60. The van der Waals surface area contributed by atoms with E-state index in [-0.39, 0.29) is 17.7 Å². The zero-order chi connectivity index (χ0) is 18.7. The molecule has 1 atom stereocenters. The highest BCUT2D eigenvalue weighted by molar-refractivity contribution is 6.43. The summed E-state index contributed by atoms with van der Waals surface area (Å²) in [4.78, 5) is 31.7. The zero-order valence-electron chi connectivity index (χ0n) is 14.4. The molecule has 1 unspecified atom stereocenters. The Hall–Kier alpha value is -2.86. The van der Waals surface area contributed by atoms with Crippen molar-refractivity contribution in [3.63, 3.8) is 0 Å². The molecule has 0 radical (unpaired) electrons. The van der Waals surface area contributed by atoms with E-state index in [0.717, 1.165) is 5.56 Å². The summed E-state index contributed by atoms with van der Waals surface area (Å²) in [6, 6.07) is 14.3. The Morgan fingerprint density at radius 2 is 1.92 bits per heavy atom. The van der Waals surface area contributed by atoms with Crippen molar-refractivity contribution in [3.8, 4) is 0 Å². The third-order valence-corrected chi connectivity index (χ3v) is 4.20. The molecule has 2 aromatic carbocycles. The lowest BCUT2D eigenvalue weighted by Gasteiger charge is -2.15. The third kappa shape index (κ3) is 3.86. The molecule has 0 fully saturated rings. The van der Waals surface area contributed by atoms with E-state index in [0.29, 0.717) is 22.7 Å². The molecular weight excluding hydrogens is 354 g/mol. The molecule has 0 spiro atoms. The fraction of sp³-hybridized carbons (Fsp3) is 0.211. The van der Waals surface area contributed by atoms with Crippen molar-refractivity contribution in [2.75, 3.05) is 19.4 Å². The van der Waals surface area contributed by atoms with Crippen LogP contribution in [0.15, 0.2) is 53.7 Å². The highest BCUT2D eigenvalue weighted by Gasteiger charge is 2.28. The molecule has 2 aromatic rings. The van der Waals surface area contributed by atoms with Gasteiger partial charge >= 0.3 is 0 Å². The summed E-state index contributed by atoms with van der Waals surface area (Å²) >= 11 is 6.02. The van der Waals surface area contributed by atoms with Gasteiger partial charge in [-0.05, 0) is 23.8 Å². The minimum atomic E-state index is -0.418. The van der Waals surface area contributed by atoms with Crippen LogP contribution in [0.25, 0.3) is 0 Å². The van der Waals surface area contributed by atoms with Crippen LogP contribution >= 0.6 is 11.6 Å². The van der Waals surface area contributed by atoms with Gasteiger partial charge in [0, 0.05) is 25.5 Å². The van der Waals surface area contributed by atoms with E-state index in [9.17, 15) is 9.59 Å². The maximum absolute atomic E-state index is 12.6. The summed E-state index contributed by atoms with van der Waals surface area (Å²) in [5.41, 5.74) is 1.91. The molecule has 0 bridgehead atoms. The third-order valence-electron chi connectivity index (χ3n) is 3.97. The van der Waals surface area contributed by atoms with E-state index in [1.54, 1.807) is 32.3 Å². The first kappa shape index (κ1) is 17.9. The molecule has 6 nitrogen and oxygen atoms in total. The van der Waals surface area contributed by atoms with Gasteiger partial charge in [-0.15, -0.1) is 0 Å². The lowest BCUT2D eigenvalue weighted by Crippen LogP contribution is -2.26. The quantitative estimate of drug-likeness (QED) is 0.894. The van der Waals surface area contributed by atoms with E-state index in [1.165, 1.54) is 4.90 Å². The van der Waals surface area contributed by atoms with E-state index in [1.807, 2.05) is 30.3 Å². The van der Waals surface area contributed by atoms with Crippen LogP contribution in [0.3, 0.4) is 0 Å². The minimum absolute atomic E-state index is 0.233. The number of carbonyl (C=O) groups excluding carboxylic acids is 2. The summed E-state index contributed by atoms with van der Waals surface area (Å²) in [5.74, 6) is -0.651. The predicted octanol–water partition coefficient (Wildman–Crippen LogP) is 3.50. The van der Waals surface area contributed by atoms with Crippen molar-refractivity contribution < 1.29 is 14.4 Å². The first-order chi connectivity index (χ1) is 12.5. The molecule has 3 rings (SSSR count). The number of oxime groups is 1. The Morgan fingerprint density at radius 3 is 2.62 bits per heavy atom. The van der Waals surface area contributed by atoms with Gasteiger partial charge in [0.2, 0.25) is 0 Å². The SMILES string of the molecule is CN(C)C(=O)c1ccc(Cl)cc1NC(=O)C1=NOC(c2ccccc2)C1. The second-order valence-corrected chi connectivity index (χ2v) is 6.53. The normalized spacial score (nSPS) is 15.8. The topological polar surface area (TPSA) is 71.0 Å². The molecule has 26 heavy (non-hydrogen) atoms. The smallest absolute Gasteiger partial charge is 0.273 e. The Balaban J connectivity index is 1.75. The van der Waals surface area contributed by atoms with Crippen LogP contribution in [-0.4, -0.2) is 36.5 Å². The molecule has 0 saturated carbocycles. The number of rotatable bonds is 4. The van der Waals surface area contributed by atoms with E-state index >= 15 is 0 Å². The van der Waals surface area contributed by atoms with Crippen LogP contribution < -0.4 is 5.32 Å². The van der Waals surface area contributed by atoms with E-state index in [2.05, 4.69) is 10.5 Å². The van der Waals surface area contributed by atoms with Crippen molar-refractivity contribution in [2.45, 2.75) is 12.5 Å². The van der Waals surface area contributed by atoms with Crippen molar-refractivity contribution in [1.82, 2.24) is 4.90 Å². The van der Waals surface area contributed by atoms with Crippen LogP contribution in [0, 0.1) is 0 Å². The number of halogens is 1. The van der Waals surface area contributed by atoms with Crippen LogP contribution in [0.2, 0.25) is 5.02 Å². The highest BCUT2D eigenvalue weighted by atomic mass is 35.5. The number of anilines is 1. The maximum atomic E-state index is 12.6. The zero-order valence-corrected chi connectivity index (χ0v) is 15.2. The molecule has 134 valence electrons. The van der Waals surface area contributed by atoms with Gasteiger partial charge in [-0.25, -0.2) is 0 Å². The molecule has 1 aliphatic heterocycles. The first-order valence-electron chi connectivity index (χ1n) is 8.06. The molecule has 7 heteroatoms. The van der Waals surface area contributed by atoms with Crippen LogP contribution in [0.4, 0.5) is 5.69 Å². The summed E-state index contributed by atoms with van der Waals surface area (Å²) in [6.45, 7) is 0. The highest BCUT2D eigenvalue weighted by Crippen LogP contribution is 2.28. The second-order valence-electron chi connectivity index (χ2n) is 6.09. The summed E-state index contributed by atoms with van der Waals surface area (Å²) in [6.07, 6.45) is 0.0621. The number of benzene rings is 2. The lowest BCUT2D eigenvalue weighted by molar-refractivity contribution is -0.110. The Kier molecular flexibility index (Phi) is 5.23. The number of carbonyl (C=O) groups is 2. The minimum Gasteiger partial charge on any atom is -0.387 e. The summed E-state index contributed by atoms with van der Waals surface area (Å²) in [5, 5.41) is 7.04.